The van der Waals surface area contributed by atoms with Crippen LogP contribution in [0.3, 0.4) is 0 Å². The van der Waals surface area contributed by atoms with E-state index in [1.165, 1.54) is 4.90 Å². The first-order valence-electron chi connectivity index (χ1n) is 10.7. The first-order chi connectivity index (χ1) is 15.9. The zero-order chi connectivity index (χ0) is 23.8. The van der Waals surface area contributed by atoms with Gasteiger partial charge in [0.25, 0.3) is 5.91 Å². The molecule has 0 aromatic heterocycles. The number of carbonyl (C=O) groups is 4. The van der Waals surface area contributed by atoms with Gasteiger partial charge in [-0.25, -0.2) is 4.90 Å². The van der Waals surface area contributed by atoms with Gasteiger partial charge in [0.2, 0.25) is 11.8 Å². The Morgan fingerprint density at radius 3 is 2.42 bits per heavy atom. The summed E-state index contributed by atoms with van der Waals surface area (Å²) in [6.07, 6.45) is 2.57. The minimum Gasteiger partial charge on any atom is -0.545 e. The van der Waals surface area contributed by atoms with E-state index in [4.69, 9.17) is 4.74 Å². The van der Waals surface area contributed by atoms with Gasteiger partial charge in [-0.15, -0.1) is 0 Å². The zero-order valence-corrected chi connectivity index (χ0v) is 18.3. The summed E-state index contributed by atoms with van der Waals surface area (Å²) >= 11 is 0. The minimum absolute atomic E-state index is 0.140. The Labute approximate surface area is 192 Å². The predicted octanol–water partition coefficient (Wildman–Crippen LogP) is 1.48. The number of ether oxygens (including phenoxy) is 1. The quantitative estimate of drug-likeness (QED) is 0.402. The van der Waals surface area contributed by atoms with Crippen molar-refractivity contribution in [1.82, 2.24) is 4.90 Å². The molecule has 0 bridgehead atoms. The largest absolute Gasteiger partial charge is 0.545 e. The van der Waals surface area contributed by atoms with Crippen LogP contribution < -0.4 is 14.7 Å². The maximum atomic E-state index is 13.2. The fraction of sp³-hybridized carbons (Fsp3) is 0.280. The van der Waals surface area contributed by atoms with E-state index in [-0.39, 0.29) is 13.0 Å². The molecule has 1 aliphatic heterocycles. The van der Waals surface area contributed by atoms with Gasteiger partial charge in [-0.3, -0.25) is 14.4 Å². The molecule has 8 heteroatoms. The minimum atomic E-state index is -1.52. The molecular weight excluding hydrogens is 424 g/mol. The standard InChI is InChI=1S/C25H26N2O6/c1-2-16-33-20-10-8-19(9-11-20)27-23(29)17-21(25(27)32)26(22(28)12-13-24(30)31)15-14-18-6-4-3-5-7-18/h3-13,21H,2,14-17H2,1H3,(H,30,31)/p-1/b13-12+/t21-/m0/s1. The molecule has 1 saturated heterocycles. The molecule has 1 heterocycles. The van der Waals surface area contributed by atoms with Crippen LogP contribution in [0, 0.1) is 0 Å². The summed E-state index contributed by atoms with van der Waals surface area (Å²) in [4.78, 5) is 51.7. The monoisotopic (exact) mass is 449 g/mol. The van der Waals surface area contributed by atoms with Crippen molar-refractivity contribution in [3.05, 3.63) is 72.3 Å². The lowest BCUT2D eigenvalue weighted by Crippen LogP contribution is -2.46. The van der Waals surface area contributed by atoms with E-state index in [1.807, 2.05) is 37.3 Å². The van der Waals surface area contributed by atoms with Crippen molar-refractivity contribution >= 4 is 29.4 Å². The van der Waals surface area contributed by atoms with Gasteiger partial charge in [0, 0.05) is 12.6 Å². The van der Waals surface area contributed by atoms with E-state index in [1.54, 1.807) is 24.3 Å². The van der Waals surface area contributed by atoms with Crippen LogP contribution in [0.1, 0.15) is 25.3 Å². The average molecular weight is 449 g/mol. The van der Waals surface area contributed by atoms with Gasteiger partial charge in [0.05, 0.1) is 24.7 Å². The van der Waals surface area contributed by atoms with E-state index in [2.05, 4.69) is 0 Å². The summed E-state index contributed by atoms with van der Waals surface area (Å²) in [5.41, 5.74) is 1.33. The molecule has 0 unspecified atom stereocenters. The molecule has 33 heavy (non-hydrogen) atoms. The summed E-state index contributed by atoms with van der Waals surface area (Å²) in [6, 6.07) is 14.9. The van der Waals surface area contributed by atoms with Crippen molar-refractivity contribution in [1.29, 1.82) is 0 Å². The Kier molecular flexibility index (Phi) is 7.96. The molecule has 1 atom stereocenters. The number of rotatable bonds is 10. The summed E-state index contributed by atoms with van der Waals surface area (Å²) in [5, 5.41) is 10.8. The number of anilines is 1. The van der Waals surface area contributed by atoms with Crippen LogP contribution in [0.5, 0.6) is 5.75 Å². The molecule has 0 saturated carbocycles. The van der Waals surface area contributed by atoms with Crippen LogP contribution in [-0.4, -0.2) is 47.8 Å². The van der Waals surface area contributed by atoms with Crippen molar-refractivity contribution in [3.63, 3.8) is 0 Å². The summed E-state index contributed by atoms with van der Waals surface area (Å²) in [7, 11) is 0. The first-order valence-corrected chi connectivity index (χ1v) is 10.7. The Hall–Kier alpha value is -3.94. The van der Waals surface area contributed by atoms with Crippen molar-refractivity contribution in [2.24, 2.45) is 0 Å². The number of nitrogens with zero attached hydrogens (tertiary/aromatic N) is 2. The molecule has 0 radical (unpaired) electrons. The van der Waals surface area contributed by atoms with E-state index in [0.29, 0.717) is 30.5 Å². The molecule has 0 aliphatic carbocycles. The lowest BCUT2D eigenvalue weighted by molar-refractivity contribution is -0.297. The molecule has 1 fully saturated rings. The Morgan fingerprint density at radius 2 is 1.79 bits per heavy atom. The lowest BCUT2D eigenvalue weighted by atomic mass is 10.1. The molecule has 1 aliphatic rings. The number of hydrogen-bond donors (Lipinski definition) is 0. The second-order valence-electron chi connectivity index (χ2n) is 7.55. The molecule has 3 amide bonds. The van der Waals surface area contributed by atoms with Gasteiger partial charge in [-0.1, -0.05) is 37.3 Å². The average Bonchev–Trinajstić information content (AvgIpc) is 3.11. The normalized spacial score (nSPS) is 15.8. The fourth-order valence-corrected chi connectivity index (χ4v) is 3.59. The second-order valence-corrected chi connectivity index (χ2v) is 7.55. The summed E-state index contributed by atoms with van der Waals surface area (Å²) < 4.78 is 5.54. The van der Waals surface area contributed by atoms with Crippen molar-refractivity contribution < 1.29 is 29.0 Å². The third kappa shape index (κ3) is 6.06. The first kappa shape index (κ1) is 23.7. The fourth-order valence-electron chi connectivity index (χ4n) is 3.59. The third-order valence-corrected chi connectivity index (χ3v) is 5.20. The number of carbonyl (C=O) groups excluding carboxylic acids is 4. The highest BCUT2D eigenvalue weighted by Gasteiger charge is 2.43. The van der Waals surface area contributed by atoms with Gasteiger partial charge >= 0.3 is 0 Å². The predicted molar refractivity (Wildman–Crippen MR) is 119 cm³/mol. The lowest BCUT2D eigenvalue weighted by Gasteiger charge is -2.26. The van der Waals surface area contributed by atoms with Gasteiger partial charge in [-0.2, -0.15) is 0 Å². The maximum Gasteiger partial charge on any atom is 0.257 e. The Morgan fingerprint density at radius 1 is 1.09 bits per heavy atom. The van der Waals surface area contributed by atoms with Crippen LogP contribution in [0.25, 0.3) is 0 Å². The van der Waals surface area contributed by atoms with Crippen molar-refractivity contribution in [2.45, 2.75) is 32.2 Å². The van der Waals surface area contributed by atoms with Crippen molar-refractivity contribution in [2.75, 3.05) is 18.1 Å². The van der Waals surface area contributed by atoms with Crippen LogP contribution >= 0.6 is 0 Å². The zero-order valence-electron chi connectivity index (χ0n) is 18.3. The number of carboxylic acids is 1. The summed E-state index contributed by atoms with van der Waals surface area (Å²) in [5.74, 6) is -2.54. The van der Waals surface area contributed by atoms with Crippen LogP contribution in [0.4, 0.5) is 5.69 Å². The molecule has 3 rings (SSSR count). The number of imide groups is 1. The number of benzene rings is 2. The molecular formula is C25H25N2O6-. The topological polar surface area (TPSA) is 107 Å². The van der Waals surface area contributed by atoms with Gasteiger partial charge in [-0.05, 0) is 48.7 Å². The highest BCUT2D eigenvalue weighted by atomic mass is 16.5. The van der Waals surface area contributed by atoms with E-state index < -0.39 is 29.7 Å². The van der Waals surface area contributed by atoms with Crippen LogP contribution in [0.2, 0.25) is 0 Å². The van der Waals surface area contributed by atoms with Gasteiger partial charge in [0.15, 0.2) is 0 Å². The van der Waals surface area contributed by atoms with E-state index >= 15 is 0 Å². The van der Waals surface area contributed by atoms with Crippen LogP contribution in [0.15, 0.2) is 66.7 Å². The van der Waals surface area contributed by atoms with Crippen LogP contribution in [-0.2, 0) is 25.6 Å². The third-order valence-electron chi connectivity index (χ3n) is 5.20. The molecule has 2 aromatic carbocycles. The van der Waals surface area contributed by atoms with E-state index in [0.717, 1.165) is 23.0 Å². The summed E-state index contributed by atoms with van der Waals surface area (Å²) in [6.45, 7) is 2.69. The smallest absolute Gasteiger partial charge is 0.257 e. The number of carboxylic acid groups (broad SMARTS) is 1. The van der Waals surface area contributed by atoms with Crippen molar-refractivity contribution in [3.8, 4) is 5.75 Å². The number of aliphatic carboxylic acids is 1. The maximum absolute atomic E-state index is 13.2. The molecule has 172 valence electrons. The second kappa shape index (κ2) is 11.1. The highest BCUT2D eigenvalue weighted by Crippen LogP contribution is 2.28. The Balaban J connectivity index is 1.80. The molecule has 0 N–H and O–H groups in total. The molecule has 0 spiro atoms. The molecule has 2 aromatic rings. The molecule has 8 nitrogen and oxygen atoms in total. The Bertz CT molecular complexity index is 1030. The SMILES string of the molecule is CCCOc1ccc(N2C(=O)C[C@H](N(CCc3ccccc3)C(=O)/C=C/C(=O)[O-])C2=O)cc1. The highest BCUT2D eigenvalue weighted by molar-refractivity contribution is 6.23. The van der Waals surface area contributed by atoms with Gasteiger partial charge < -0.3 is 19.5 Å². The van der Waals surface area contributed by atoms with Gasteiger partial charge in [0.1, 0.15) is 11.8 Å². The van der Waals surface area contributed by atoms with E-state index in [9.17, 15) is 24.3 Å². The number of hydrogen-bond acceptors (Lipinski definition) is 6. The number of amides is 3.